The van der Waals surface area contributed by atoms with E-state index in [0.717, 1.165) is 5.56 Å². The third-order valence-electron chi connectivity index (χ3n) is 4.30. The van der Waals surface area contributed by atoms with E-state index in [1.165, 1.54) is 0 Å². The van der Waals surface area contributed by atoms with Gasteiger partial charge in [0.15, 0.2) is 0 Å². The van der Waals surface area contributed by atoms with Crippen LogP contribution in [0.15, 0.2) is 24.3 Å². The molecule has 2 heterocycles. The lowest BCUT2D eigenvalue weighted by Crippen LogP contribution is -2.33. The summed E-state index contributed by atoms with van der Waals surface area (Å²) in [6.45, 7) is 6.63. The van der Waals surface area contributed by atoms with Gasteiger partial charge in [0.25, 0.3) is 0 Å². The summed E-state index contributed by atoms with van der Waals surface area (Å²) in [6.07, 6.45) is -0.834. The Morgan fingerprint density at radius 3 is 2.75 bits per heavy atom. The normalized spacial score (nSPS) is 24.3. The molecule has 1 saturated heterocycles. The molecule has 1 aromatic carbocycles. The summed E-state index contributed by atoms with van der Waals surface area (Å²) in [6, 6.07) is 7.25. The number of hydrogen-bond acceptors (Lipinski definition) is 5. The van der Waals surface area contributed by atoms with Gasteiger partial charge in [-0.25, -0.2) is 4.79 Å². The predicted molar refractivity (Wildman–Crippen MR) is 86.6 cm³/mol. The third-order valence-corrected chi connectivity index (χ3v) is 4.30. The molecule has 0 saturated carbocycles. The summed E-state index contributed by atoms with van der Waals surface area (Å²) in [7, 11) is 0. The number of carbonyl (C=O) groups is 2. The van der Waals surface area contributed by atoms with Crippen LogP contribution in [0.2, 0.25) is 0 Å². The van der Waals surface area contributed by atoms with Crippen molar-refractivity contribution < 1.29 is 23.8 Å². The van der Waals surface area contributed by atoms with Crippen LogP contribution in [-0.4, -0.2) is 42.8 Å². The molecule has 0 bridgehead atoms. The Bertz CT molecular complexity index is 630. The second-order valence-electron chi connectivity index (χ2n) is 6.55. The molecule has 0 radical (unpaired) electrons. The van der Waals surface area contributed by atoms with Crippen LogP contribution < -0.4 is 4.74 Å². The van der Waals surface area contributed by atoms with Crippen molar-refractivity contribution >= 4 is 12.1 Å². The van der Waals surface area contributed by atoms with Gasteiger partial charge in [-0.1, -0.05) is 32.0 Å². The van der Waals surface area contributed by atoms with Gasteiger partial charge in [0, 0.05) is 12.1 Å². The van der Waals surface area contributed by atoms with Gasteiger partial charge in [-0.2, -0.15) is 0 Å². The summed E-state index contributed by atoms with van der Waals surface area (Å²) >= 11 is 0. The number of amides is 1. The molecule has 0 aromatic heterocycles. The van der Waals surface area contributed by atoms with Crippen LogP contribution in [0.25, 0.3) is 0 Å². The zero-order chi connectivity index (χ0) is 17.3. The number of fused-ring (bicyclic) bond motifs is 3. The highest BCUT2D eigenvalue weighted by molar-refractivity contribution is 5.78. The summed E-state index contributed by atoms with van der Waals surface area (Å²) in [5.41, 5.74) is 0.913. The number of carbonyl (C=O) groups excluding carboxylic acids is 2. The lowest BCUT2D eigenvalue weighted by Gasteiger charge is -2.22. The Labute approximate surface area is 141 Å². The largest absolute Gasteiger partial charge is 0.487 e. The highest BCUT2D eigenvalue weighted by Gasteiger charge is 2.54. The molecule has 0 aliphatic carbocycles. The molecule has 3 rings (SSSR count). The van der Waals surface area contributed by atoms with Crippen molar-refractivity contribution in [3.05, 3.63) is 29.8 Å². The average molecular weight is 333 g/mol. The number of rotatable bonds is 4. The topological polar surface area (TPSA) is 65.1 Å². The highest BCUT2D eigenvalue weighted by Crippen LogP contribution is 2.47. The second-order valence-corrected chi connectivity index (χ2v) is 6.55. The number of ether oxygens (including phenoxy) is 3. The Kier molecular flexibility index (Phi) is 4.64. The van der Waals surface area contributed by atoms with Crippen molar-refractivity contribution in [3.63, 3.8) is 0 Å². The Morgan fingerprint density at radius 2 is 2.04 bits per heavy atom. The van der Waals surface area contributed by atoms with Crippen molar-refractivity contribution in [1.82, 2.24) is 4.90 Å². The molecule has 3 atom stereocenters. The van der Waals surface area contributed by atoms with Crippen molar-refractivity contribution in [2.75, 3.05) is 19.8 Å². The molecule has 0 spiro atoms. The molecule has 2 aliphatic rings. The van der Waals surface area contributed by atoms with E-state index in [1.807, 2.05) is 38.1 Å². The van der Waals surface area contributed by atoms with E-state index in [-0.39, 0.29) is 24.5 Å². The van der Waals surface area contributed by atoms with E-state index in [4.69, 9.17) is 14.2 Å². The Morgan fingerprint density at radius 1 is 1.29 bits per heavy atom. The van der Waals surface area contributed by atoms with Gasteiger partial charge in [0.1, 0.15) is 23.8 Å². The van der Waals surface area contributed by atoms with Gasteiger partial charge in [-0.3, -0.25) is 9.69 Å². The van der Waals surface area contributed by atoms with Gasteiger partial charge < -0.3 is 14.2 Å². The van der Waals surface area contributed by atoms with Crippen LogP contribution in [0.4, 0.5) is 4.79 Å². The molecule has 1 amide bonds. The lowest BCUT2D eigenvalue weighted by atomic mass is 9.99. The van der Waals surface area contributed by atoms with Crippen LogP contribution in [0.1, 0.15) is 32.4 Å². The SMILES string of the molecule is CCOC(=O)[C@@H]1CN(C(=O)OCC(C)C)[C@H]2c3ccccc3O[C@@H]12. The maximum absolute atomic E-state index is 12.5. The molecule has 0 unspecified atom stereocenters. The van der Waals surface area contributed by atoms with Gasteiger partial charge in [-0.15, -0.1) is 0 Å². The summed E-state index contributed by atoms with van der Waals surface area (Å²) in [5.74, 6) is 0.122. The van der Waals surface area contributed by atoms with E-state index in [9.17, 15) is 9.59 Å². The summed E-state index contributed by atoms with van der Waals surface area (Å²) in [4.78, 5) is 26.4. The smallest absolute Gasteiger partial charge is 0.410 e. The van der Waals surface area contributed by atoms with Crippen molar-refractivity contribution in [2.24, 2.45) is 11.8 Å². The molecule has 0 N–H and O–H groups in total. The zero-order valence-electron chi connectivity index (χ0n) is 14.2. The number of hydrogen-bond donors (Lipinski definition) is 0. The maximum Gasteiger partial charge on any atom is 0.410 e. The van der Waals surface area contributed by atoms with E-state index < -0.39 is 18.1 Å². The first-order chi connectivity index (χ1) is 11.5. The van der Waals surface area contributed by atoms with Crippen LogP contribution in [0.3, 0.4) is 0 Å². The summed E-state index contributed by atoms with van der Waals surface area (Å²) < 4.78 is 16.5. The average Bonchev–Trinajstić information content (AvgIpc) is 3.09. The molecule has 24 heavy (non-hydrogen) atoms. The van der Waals surface area contributed by atoms with Crippen molar-refractivity contribution in [2.45, 2.75) is 32.9 Å². The summed E-state index contributed by atoms with van der Waals surface area (Å²) in [5, 5.41) is 0. The standard InChI is InChI=1S/C18H23NO5/c1-4-22-17(20)13-9-19(18(21)23-10-11(2)3)15-12-7-5-6-8-14(12)24-16(13)15/h5-8,11,13,15-16H,4,9-10H2,1-3H3/t13-,15+,16+/m1/s1. The maximum atomic E-state index is 12.5. The Balaban J connectivity index is 1.86. The van der Waals surface area contributed by atoms with E-state index in [2.05, 4.69) is 0 Å². The number of likely N-dealkylation sites (tertiary alicyclic amines) is 1. The van der Waals surface area contributed by atoms with Crippen LogP contribution in [0.5, 0.6) is 5.75 Å². The molecule has 1 fully saturated rings. The molecule has 2 aliphatic heterocycles. The number of esters is 1. The molecule has 1 aromatic rings. The number of nitrogens with zero attached hydrogens (tertiary/aromatic N) is 1. The Hall–Kier alpha value is -2.24. The lowest BCUT2D eigenvalue weighted by molar-refractivity contribution is -0.149. The fourth-order valence-electron chi connectivity index (χ4n) is 3.26. The third kappa shape index (κ3) is 2.92. The zero-order valence-corrected chi connectivity index (χ0v) is 14.2. The monoisotopic (exact) mass is 333 g/mol. The van der Waals surface area contributed by atoms with Crippen molar-refractivity contribution in [1.29, 1.82) is 0 Å². The number of para-hydroxylation sites is 1. The molecular formula is C18H23NO5. The first-order valence-electron chi connectivity index (χ1n) is 8.38. The first kappa shape index (κ1) is 16.6. The minimum Gasteiger partial charge on any atom is -0.487 e. The fraction of sp³-hybridized carbons (Fsp3) is 0.556. The molecule has 6 nitrogen and oxygen atoms in total. The number of benzene rings is 1. The van der Waals surface area contributed by atoms with Gasteiger partial charge in [0.2, 0.25) is 0 Å². The second kappa shape index (κ2) is 6.71. The quantitative estimate of drug-likeness (QED) is 0.793. The van der Waals surface area contributed by atoms with E-state index >= 15 is 0 Å². The minimum atomic E-state index is -0.506. The van der Waals surface area contributed by atoms with Crippen LogP contribution in [0, 0.1) is 11.8 Å². The van der Waals surface area contributed by atoms with Gasteiger partial charge in [0.05, 0.1) is 13.2 Å². The first-order valence-corrected chi connectivity index (χ1v) is 8.38. The van der Waals surface area contributed by atoms with Crippen molar-refractivity contribution in [3.8, 4) is 5.75 Å². The minimum absolute atomic E-state index is 0.249. The van der Waals surface area contributed by atoms with E-state index in [1.54, 1.807) is 11.8 Å². The van der Waals surface area contributed by atoms with Crippen LogP contribution >= 0.6 is 0 Å². The van der Waals surface area contributed by atoms with E-state index in [0.29, 0.717) is 19.0 Å². The highest BCUT2D eigenvalue weighted by atomic mass is 16.6. The van der Waals surface area contributed by atoms with Gasteiger partial charge >= 0.3 is 12.1 Å². The molecular weight excluding hydrogens is 310 g/mol. The molecule has 130 valence electrons. The van der Waals surface area contributed by atoms with Gasteiger partial charge in [-0.05, 0) is 18.9 Å². The fourth-order valence-corrected chi connectivity index (χ4v) is 3.26. The predicted octanol–water partition coefficient (Wildman–Crippen LogP) is 2.78. The molecule has 6 heteroatoms. The van der Waals surface area contributed by atoms with Crippen LogP contribution in [-0.2, 0) is 14.3 Å².